The van der Waals surface area contributed by atoms with E-state index in [1.54, 1.807) is 14.2 Å². The van der Waals surface area contributed by atoms with Crippen LogP contribution in [0.25, 0.3) is 22.0 Å². The zero-order valence-electron chi connectivity index (χ0n) is 14.5. The lowest BCUT2D eigenvalue weighted by molar-refractivity contribution is -0.691. The number of halogens is 1. The summed E-state index contributed by atoms with van der Waals surface area (Å²) in [6, 6.07) is 12.5. The smallest absolute Gasteiger partial charge is 0.376 e. The number of methoxy groups -OCH3 is 2. The van der Waals surface area contributed by atoms with Crippen LogP contribution in [-0.2, 0) is 13.0 Å². The Balaban J connectivity index is 0.00000168. The number of aryl methyl sites for hydroxylation is 1. The van der Waals surface area contributed by atoms with Gasteiger partial charge in [-0.3, -0.25) is 0 Å². The second kappa shape index (κ2) is 6.25. The molecule has 0 saturated heterocycles. The van der Waals surface area contributed by atoms with Crippen LogP contribution in [0.15, 0.2) is 36.4 Å². The van der Waals surface area contributed by atoms with E-state index in [-0.39, 0.29) is 12.4 Å². The number of pyridine rings is 1. The molecular weight excluding hydrogens is 354 g/mol. The lowest BCUT2D eigenvalue weighted by atomic mass is 9.95. The van der Waals surface area contributed by atoms with Gasteiger partial charge in [0.2, 0.25) is 12.5 Å². The molecule has 0 bridgehead atoms. The van der Waals surface area contributed by atoms with E-state index < -0.39 is 0 Å². The molecule has 0 atom stereocenters. The van der Waals surface area contributed by atoms with Crippen LogP contribution in [0.4, 0.5) is 0 Å². The third-order valence-electron chi connectivity index (χ3n) is 4.99. The largest absolute Gasteiger partial charge is 1.00 e. The van der Waals surface area contributed by atoms with Crippen molar-refractivity contribution in [2.24, 2.45) is 0 Å². The van der Waals surface area contributed by atoms with Crippen LogP contribution in [-0.4, -0.2) is 21.0 Å². The van der Waals surface area contributed by atoms with Gasteiger partial charge in [0.25, 0.3) is 0 Å². The van der Waals surface area contributed by atoms with E-state index in [0.717, 1.165) is 52.6 Å². The van der Waals surface area contributed by atoms with E-state index in [4.69, 9.17) is 18.9 Å². The maximum atomic E-state index is 5.78. The lowest BCUT2D eigenvalue weighted by Gasteiger charge is -2.18. The minimum absolute atomic E-state index is 0. The van der Waals surface area contributed by atoms with E-state index in [1.807, 2.05) is 12.1 Å². The Morgan fingerprint density at radius 1 is 0.962 bits per heavy atom. The fourth-order valence-corrected chi connectivity index (χ4v) is 3.78. The second-order valence-electron chi connectivity index (χ2n) is 6.26. The van der Waals surface area contributed by atoms with Crippen molar-refractivity contribution in [3.63, 3.8) is 0 Å². The molecule has 134 valence electrons. The number of rotatable bonds is 2. The highest BCUT2D eigenvalue weighted by atomic mass is 35.5. The predicted octanol–water partition coefficient (Wildman–Crippen LogP) is 0.100. The van der Waals surface area contributed by atoms with Gasteiger partial charge >= 0.3 is 5.88 Å². The van der Waals surface area contributed by atoms with Crippen LogP contribution in [0.1, 0.15) is 5.56 Å². The highest BCUT2D eigenvalue weighted by molar-refractivity contribution is 5.90. The monoisotopic (exact) mass is 371 g/mol. The number of hydrogen-bond donors (Lipinski definition) is 0. The molecule has 26 heavy (non-hydrogen) atoms. The van der Waals surface area contributed by atoms with Gasteiger partial charge in [0.15, 0.2) is 18.0 Å². The van der Waals surface area contributed by atoms with Gasteiger partial charge in [0, 0.05) is 12.5 Å². The maximum Gasteiger partial charge on any atom is 0.376 e. The first-order valence-corrected chi connectivity index (χ1v) is 8.30. The Morgan fingerprint density at radius 3 is 2.54 bits per heavy atom. The minimum Gasteiger partial charge on any atom is -1.00 e. The van der Waals surface area contributed by atoms with Crippen molar-refractivity contribution in [3.05, 3.63) is 42.0 Å². The first-order valence-electron chi connectivity index (χ1n) is 8.30. The predicted molar refractivity (Wildman–Crippen MR) is 92.5 cm³/mol. The zero-order chi connectivity index (χ0) is 17.0. The summed E-state index contributed by atoms with van der Waals surface area (Å²) >= 11 is 0. The molecule has 2 aliphatic heterocycles. The van der Waals surface area contributed by atoms with Crippen LogP contribution in [0, 0.1) is 0 Å². The number of hydrogen-bond acceptors (Lipinski definition) is 4. The molecule has 0 amide bonds. The van der Waals surface area contributed by atoms with E-state index in [9.17, 15) is 0 Å². The Bertz CT molecular complexity index is 1020. The first-order chi connectivity index (χ1) is 12.3. The number of fused-ring (bicyclic) bond motifs is 5. The molecule has 0 spiro atoms. The van der Waals surface area contributed by atoms with Crippen LogP contribution < -0.4 is 35.9 Å². The maximum absolute atomic E-state index is 5.78. The van der Waals surface area contributed by atoms with E-state index in [0.29, 0.717) is 6.79 Å². The number of nitrogens with zero attached hydrogens (tertiary/aromatic N) is 1. The van der Waals surface area contributed by atoms with Crippen molar-refractivity contribution in [1.29, 1.82) is 0 Å². The van der Waals surface area contributed by atoms with Gasteiger partial charge in [-0.1, -0.05) is 6.07 Å². The average molecular weight is 372 g/mol. The summed E-state index contributed by atoms with van der Waals surface area (Å²) in [5.41, 5.74) is 3.58. The summed E-state index contributed by atoms with van der Waals surface area (Å²) in [7, 11) is 3.40. The van der Waals surface area contributed by atoms with Crippen molar-refractivity contribution in [2.75, 3.05) is 21.0 Å². The van der Waals surface area contributed by atoms with Gasteiger partial charge < -0.3 is 31.4 Å². The molecule has 5 nitrogen and oxygen atoms in total. The summed E-state index contributed by atoms with van der Waals surface area (Å²) in [5.74, 6) is 3.33. The number of benzene rings is 2. The van der Waals surface area contributed by atoms with Gasteiger partial charge in [0.05, 0.1) is 25.2 Å². The Kier molecular flexibility index (Phi) is 4.04. The van der Waals surface area contributed by atoms with Gasteiger partial charge in [-0.05, 0) is 35.2 Å². The van der Waals surface area contributed by atoms with Crippen molar-refractivity contribution < 1.29 is 35.9 Å². The molecule has 2 aromatic carbocycles. The van der Waals surface area contributed by atoms with Crippen LogP contribution in [0.5, 0.6) is 23.1 Å². The molecule has 1 aromatic heterocycles. The highest BCUT2D eigenvalue weighted by Crippen LogP contribution is 2.41. The van der Waals surface area contributed by atoms with E-state index in [2.05, 4.69) is 28.8 Å². The summed E-state index contributed by atoms with van der Waals surface area (Å²) in [4.78, 5) is 0. The number of ether oxygens (including phenoxy) is 4. The van der Waals surface area contributed by atoms with Crippen LogP contribution >= 0.6 is 0 Å². The summed E-state index contributed by atoms with van der Waals surface area (Å²) in [6.45, 7) is 1.15. The number of aromatic nitrogens is 1. The standard InChI is InChI=1S/C20H18NO4.ClH/c1-22-14-4-3-12-7-17-15-10-19-18(24-11-25-19)8-13(15)5-6-21(17)20(23-2)16(12)9-14;/h3-4,7-10H,5-6,11H2,1-2H3;1H/q+1;/p-1. The SMILES string of the molecule is COc1ccc2cc3[n+](c(OC)c2c1)CCc1cc2c(cc1-3)OCO2.[Cl-]. The fraction of sp³-hybridized carbons (Fsp3) is 0.250. The molecule has 0 radical (unpaired) electrons. The third kappa shape index (κ3) is 2.35. The molecule has 5 rings (SSSR count). The van der Waals surface area contributed by atoms with Crippen molar-refractivity contribution in [1.82, 2.24) is 0 Å². The van der Waals surface area contributed by atoms with Crippen molar-refractivity contribution in [2.45, 2.75) is 13.0 Å². The molecule has 0 saturated carbocycles. The van der Waals surface area contributed by atoms with E-state index in [1.165, 1.54) is 11.1 Å². The topological polar surface area (TPSA) is 40.8 Å². The molecule has 0 fully saturated rings. The molecule has 0 aliphatic carbocycles. The highest BCUT2D eigenvalue weighted by Gasteiger charge is 2.31. The van der Waals surface area contributed by atoms with Gasteiger partial charge in [-0.15, -0.1) is 0 Å². The molecular formula is C20H18ClNO4. The van der Waals surface area contributed by atoms with Crippen molar-refractivity contribution in [3.8, 4) is 34.4 Å². The summed E-state index contributed by atoms with van der Waals surface area (Å²) < 4.78 is 24.5. The first kappa shape index (κ1) is 16.8. The van der Waals surface area contributed by atoms with Crippen LogP contribution in [0.2, 0.25) is 0 Å². The molecule has 0 N–H and O–H groups in total. The molecule has 2 aliphatic rings. The van der Waals surface area contributed by atoms with Crippen LogP contribution in [0.3, 0.4) is 0 Å². The Morgan fingerprint density at radius 2 is 1.77 bits per heavy atom. The minimum atomic E-state index is 0. The molecule has 0 unspecified atom stereocenters. The van der Waals surface area contributed by atoms with Gasteiger partial charge in [-0.25, -0.2) is 0 Å². The second-order valence-corrected chi connectivity index (χ2v) is 6.26. The summed E-state index contributed by atoms with van der Waals surface area (Å²) in [5, 5.41) is 2.17. The average Bonchev–Trinajstić information content (AvgIpc) is 3.11. The van der Waals surface area contributed by atoms with Crippen molar-refractivity contribution >= 4 is 10.8 Å². The van der Waals surface area contributed by atoms with E-state index >= 15 is 0 Å². The lowest BCUT2D eigenvalue weighted by Crippen LogP contribution is -3.00. The Labute approximate surface area is 157 Å². The molecule has 3 aromatic rings. The third-order valence-corrected chi connectivity index (χ3v) is 4.99. The quantitative estimate of drug-likeness (QED) is 0.599. The Hall–Kier alpha value is -2.66. The molecule has 3 heterocycles. The van der Waals surface area contributed by atoms with Gasteiger partial charge in [0.1, 0.15) is 5.75 Å². The fourth-order valence-electron chi connectivity index (χ4n) is 3.78. The normalized spacial score (nSPS) is 13.6. The molecule has 6 heteroatoms. The zero-order valence-corrected chi connectivity index (χ0v) is 15.3. The summed E-state index contributed by atoms with van der Waals surface area (Å²) in [6.07, 6.45) is 0.926. The van der Waals surface area contributed by atoms with Gasteiger partial charge in [-0.2, -0.15) is 4.57 Å².